The fourth-order valence-electron chi connectivity index (χ4n) is 8.62. The van der Waals surface area contributed by atoms with E-state index in [1.165, 1.54) is 31.5 Å². The predicted octanol–water partition coefficient (Wildman–Crippen LogP) is 7.41. The first-order chi connectivity index (χ1) is 24.8. The highest BCUT2D eigenvalue weighted by Crippen LogP contribution is 2.51. The lowest BCUT2D eigenvalue weighted by Crippen LogP contribution is -2.54. The molecule has 276 valence electrons. The Kier molecular flexibility index (Phi) is 14.6. The third kappa shape index (κ3) is 10.5. The van der Waals surface area contributed by atoms with E-state index in [1.807, 2.05) is 18.2 Å². The SMILES string of the molecule is COc1ccccc1COCCCCCC[N+](C)(C)CCN(CCN1CCC(C(C(N)=O)(C2C=CC=CC2)C2C=CC=CC2)C1)c1ccccc1. The zero-order valence-corrected chi connectivity index (χ0v) is 31.5. The summed E-state index contributed by atoms with van der Waals surface area (Å²) in [5, 5.41) is 0. The van der Waals surface area contributed by atoms with Crippen LogP contribution in [0.2, 0.25) is 0 Å². The number of allylic oxidation sites excluding steroid dienone is 8. The number of hydrogen-bond acceptors (Lipinski definition) is 5. The molecule has 1 aliphatic heterocycles. The Balaban J connectivity index is 1.10. The van der Waals surface area contributed by atoms with Crippen LogP contribution in [0.5, 0.6) is 5.75 Å². The first-order valence-corrected chi connectivity index (χ1v) is 19.3. The number of carbonyl (C=O) groups is 1. The molecule has 1 fully saturated rings. The standard InChI is InChI=1S/C44H62N4O3/c1-48(2,32-17-4-5-18-34-51-36-37-19-15-16-26-42(37)50-3)33-31-47(41-24-13-8-14-25-41)30-29-46-28-27-40(35-46)44(43(45)49,38-20-9-6-10-21-38)39-22-11-7-12-23-39/h6-16,19-20,22,24-26,38-40H,4-5,17-18,21,23,27-36H2,1-3H3,(H-,45,49)/p+1. The summed E-state index contributed by atoms with van der Waals surface area (Å²) in [6.45, 7) is 8.53. The smallest absolute Gasteiger partial charge is 0.225 e. The summed E-state index contributed by atoms with van der Waals surface area (Å²) in [6.07, 6.45) is 24.8. The molecular weight excluding hydrogens is 633 g/mol. The average Bonchev–Trinajstić information content (AvgIpc) is 3.63. The first kappa shape index (κ1) is 38.6. The molecule has 1 saturated heterocycles. The maximum Gasteiger partial charge on any atom is 0.225 e. The van der Waals surface area contributed by atoms with Gasteiger partial charge in [0.2, 0.25) is 5.91 Å². The number of likely N-dealkylation sites (tertiary alicyclic amines) is 1. The molecule has 3 atom stereocenters. The average molecular weight is 696 g/mol. The molecule has 7 nitrogen and oxygen atoms in total. The van der Waals surface area contributed by atoms with E-state index in [-0.39, 0.29) is 23.7 Å². The minimum absolute atomic E-state index is 0.129. The van der Waals surface area contributed by atoms with Crippen molar-refractivity contribution in [2.45, 2.75) is 51.6 Å². The molecule has 3 aliphatic rings. The lowest BCUT2D eigenvalue weighted by Gasteiger charge is -2.47. The van der Waals surface area contributed by atoms with Crippen LogP contribution in [0.25, 0.3) is 0 Å². The molecule has 51 heavy (non-hydrogen) atoms. The van der Waals surface area contributed by atoms with Crippen LogP contribution in [0.4, 0.5) is 5.69 Å². The summed E-state index contributed by atoms with van der Waals surface area (Å²) in [5.74, 6) is 1.25. The van der Waals surface area contributed by atoms with Crippen LogP contribution in [0, 0.1) is 23.2 Å². The zero-order chi connectivity index (χ0) is 35.9. The van der Waals surface area contributed by atoms with Gasteiger partial charge in [-0.1, -0.05) is 91.4 Å². The van der Waals surface area contributed by atoms with E-state index in [0.29, 0.717) is 6.61 Å². The number of amides is 1. The number of quaternary nitrogens is 1. The Morgan fingerprint density at radius 1 is 0.882 bits per heavy atom. The fourth-order valence-corrected chi connectivity index (χ4v) is 8.62. The number of ether oxygens (including phenoxy) is 2. The Bertz CT molecular complexity index is 1450. The number of rotatable bonds is 21. The van der Waals surface area contributed by atoms with Crippen molar-refractivity contribution in [3.63, 3.8) is 0 Å². The van der Waals surface area contributed by atoms with E-state index in [4.69, 9.17) is 15.2 Å². The van der Waals surface area contributed by atoms with Gasteiger partial charge in [-0.3, -0.25) is 4.79 Å². The van der Waals surface area contributed by atoms with Gasteiger partial charge in [0.1, 0.15) is 5.75 Å². The number of nitrogens with two attached hydrogens (primary N) is 1. The summed E-state index contributed by atoms with van der Waals surface area (Å²) in [5.41, 5.74) is 8.25. The maximum atomic E-state index is 13.6. The summed E-state index contributed by atoms with van der Waals surface area (Å²) in [7, 11) is 6.46. The normalized spacial score (nSPS) is 21.5. The van der Waals surface area contributed by atoms with Gasteiger partial charge in [-0.25, -0.2) is 0 Å². The molecule has 0 bridgehead atoms. The quantitative estimate of drug-likeness (QED) is 0.109. The summed E-state index contributed by atoms with van der Waals surface area (Å²) in [4.78, 5) is 18.8. The van der Waals surface area contributed by atoms with Crippen LogP contribution >= 0.6 is 0 Å². The zero-order valence-electron chi connectivity index (χ0n) is 31.5. The summed E-state index contributed by atoms with van der Waals surface area (Å²) in [6, 6.07) is 19.0. The van der Waals surface area contributed by atoms with Crippen molar-refractivity contribution in [1.82, 2.24) is 4.90 Å². The molecule has 0 saturated carbocycles. The van der Waals surface area contributed by atoms with Crippen LogP contribution in [-0.2, 0) is 16.1 Å². The van der Waals surface area contributed by atoms with Crippen LogP contribution < -0.4 is 15.4 Å². The number of benzene rings is 2. The van der Waals surface area contributed by atoms with Gasteiger partial charge < -0.3 is 29.5 Å². The van der Waals surface area contributed by atoms with E-state index in [9.17, 15) is 4.79 Å². The highest BCUT2D eigenvalue weighted by molar-refractivity contribution is 5.83. The number of unbranched alkanes of at least 4 members (excludes halogenated alkanes) is 3. The largest absolute Gasteiger partial charge is 0.496 e. The van der Waals surface area contributed by atoms with Crippen molar-refractivity contribution in [1.29, 1.82) is 0 Å². The molecule has 0 radical (unpaired) electrons. The Morgan fingerprint density at radius 2 is 1.57 bits per heavy atom. The third-order valence-corrected chi connectivity index (χ3v) is 11.6. The van der Waals surface area contributed by atoms with Crippen molar-refractivity contribution in [2.75, 3.05) is 78.5 Å². The third-order valence-electron chi connectivity index (χ3n) is 11.6. The number of para-hydroxylation sites is 2. The Hall–Kier alpha value is -3.65. The number of methoxy groups -OCH3 is 1. The second-order valence-corrected chi connectivity index (χ2v) is 15.4. The summed E-state index contributed by atoms with van der Waals surface area (Å²) >= 11 is 0. The topological polar surface area (TPSA) is 68.0 Å². The first-order valence-electron chi connectivity index (χ1n) is 19.3. The molecule has 3 unspecified atom stereocenters. The van der Waals surface area contributed by atoms with Crippen molar-refractivity contribution in [2.24, 2.45) is 28.9 Å². The minimum atomic E-state index is -0.582. The van der Waals surface area contributed by atoms with Gasteiger partial charge in [0.25, 0.3) is 0 Å². The lowest BCUT2D eigenvalue weighted by atomic mass is 9.56. The van der Waals surface area contributed by atoms with Gasteiger partial charge in [-0.2, -0.15) is 0 Å². The Morgan fingerprint density at radius 3 is 2.24 bits per heavy atom. The molecule has 2 aromatic carbocycles. The van der Waals surface area contributed by atoms with Gasteiger partial charge in [0.15, 0.2) is 0 Å². The number of carbonyl (C=O) groups excluding carboxylic acids is 1. The molecule has 5 rings (SSSR count). The van der Waals surface area contributed by atoms with Gasteiger partial charge in [-0.05, 0) is 81.0 Å². The highest BCUT2D eigenvalue weighted by atomic mass is 16.5. The maximum absolute atomic E-state index is 13.6. The lowest BCUT2D eigenvalue weighted by molar-refractivity contribution is -0.889. The molecule has 2 aliphatic carbocycles. The molecule has 2 N–H and O–H groups in total. The molecule has 1 amide bonds. The van der Waals surface area contributed by atoms with Gasteiger partial charge >= 0.3 is 0 Å². The summed E-state index contributed by atoms with van der Waals surface area (Å²) < 4.78 is 12.4. The van der Waals surface area contributed by atoms with E-state index < -0.39 is 5.41 Å². The van der Waals surface area contributed by atoms with Gasteiger partial charge in [0.05, 0.1) is 52.9 Å². The predicted molar refractivity (Wildman–Crippen MR) is 211 cm³/mol. The van der Waals surface area contributed by atoms with Crippen molar-refractivity contribution in [3.8, 4) is 5.75 Å². The molecule has 2 aromatic rings. The second-order valence-electron chi connectivity index (χ2n) is 15.4. The van der Waals surface area contributed by atoms with Gasteiger partial charge in [-0.15, -0.1) is 0 Å². The van der Waals surface area contributed by atoms with E-state index in [0.717, 1.165) is 87.4 Å². The minimum Gasteiger partial charge on any atom is -0.496 e. The molecule has 7 heteroatoms. The molecule has 0 spiro atoms. The van der Waals surface area contributed by atoms with Crippen LogP contribution in [0.1, 0.15) is 50.5 Å². The van der Waals surface area contributed by atoms with Crippen molar-refractivity contribution in [3.05, 3.63) is 109 Å². The van der Waals surface area contributed by atoms with Gasteiger partial charge in [0, 0.05) is 37.5 Å². The van der Waals surface area contributed by atoms with E-state index >= 15 is 0 Å². The van der Waals surface area contributed by atoms with Crippen LogP contribution in [-0.4, -0.2) is 88.9 Å². The second kappa shape index (κ2) is 19.3. The van der Waals surface area contributed by atoms with Crippen molar-refractivity contribution >= 4 is 11.6 Å². The molecular formula is C44H63N4O3+. The van der Waals surface area contributed by atoms with Crippen LogP contribution in [0.15, 0.2) is 103 Å². The van der Waals surface area contributed by atoms with E-state index in [2.05, 4.69) is 109 Å². The monoisotopic (exact) mass is 695 g/mol. The number of primary amides is 1. The van der Waals surface area contributed by atoms with E-state index in [1.54, 1.807) is 7.11 Å². The number of likely N-dealkylation sites (N-methyl/N-ethyl adjacent to an activating group) is 1. The fraction of sp³-hybridized carbons (Fsp3) is 0.523. The molecule has 1 heterocycles. The van der Waals surface area contributed by atoms with Crippen LogP contribution in [0.3, 0.4) is 0 Å². The highest BCUT2D eigenvalue weighted by Gasteiger charge is 2.54. The van der Waals surface area contributed by atoms with Crippen molar-refractivity contribution < 1.29 is 18.8 Å². The number of hydrogen-bond donors (Lipinski definition) is 1. The Labute approximate surface area is 308 Å². The number of nitrogens with zero attached hydrogens (tertiary/aromatic N) is 3. The molecule has 0 aromatic heterocycles. The number of anilines is 1.